The summed E-state index contributed by atoms with van der Waals surface area (Å²) in [4.78, 5) is 11.6. The average Bonchev–Trinajstić information content (AvgIpc) is 3.03. The van der Waals surface area contributed by atoms with Crippen molar-refractivity contribution in [2.24, 2.45) is 0 Å². The van der Waals surface area contributed by atoms with E-state index in [0.717, 1.165) is 5.52 Å². The summed E-state index contributed by atoms with van der Waals surface area (Å²) in [6.07, 6.45) is 0.639. The fourth-order valence-electron chi connectivity index (χ4n) is 2.16. The second-order valence-electron chi connectivity index (χ2n) is 4.26. The molecule has 0 aliphatic carbocycles. The molecule has 0 spiro atoms. The van der Waals surface area contributed by atoms with Gasteiger partial charge in [-0.15, -0.1) is 0 Å². The molecule has 0 aliphatic rings. The maximum absolute atomic E-state index is 11.6. The summed E-state index contributed by atoms with van der Waals surface area (Å²) in [5.41, 5.74) is 1.82. The zero-order chi connectivity index (χ0) is 13.4. The second kappa shape index (κ2) is 4.44. The molecule has 19 heavy (non-hydrogen) atoms. The van der Waals surface area contributed by atoms with Gasteiger partial charge in [-0.2, -0.15) is 0 Å². The smallest absolute Gasteiger partial charge is 0.419 e. The van der Waals surface area contributed by atoms with Crippen LogP contribution in [0.5, 0.6) is 0 Å². The Morgan fingerprint density at radius 2 is 2.21 bits per heavy atom. The van der Waals surface area contributed by atoms with Crippen molar-refractivity contribution in [2.75, 3.05) is 0 Å². The van der Waals surface area contributed by atoms with E-state index >= 15 is 0 Å². The Balaban J connectivity index is 2.10. The molecule has 98 valence electrons. The third-order valence-electron chi connectivity index (χ3n) is 3.14. The molecule has 1 atom stereocenters. The highest BCUT2D eigenvalue weighted by molar-refractivity contribution is 5.74. The van der Waals surface area contributed by atoms with Crippen LogP contribution in [-0.2, 0) is 6.54 Å². The van der Waals surface area contributed by atoms with Crippen LogP contribution in [0.15, 0.2) is 50.2 Å². The molecular weight excluding hydrogens is 246 g/mol. The molecular formula is C14H13NO4. The summed E-state index contributed by atoms with van der Waals surface area (Å²) in [7, 11) is 0. The number of hydrogen-bond acceptors (Lipinski definition) is 4. The van der Waals surface area contributed by atoms with Gasteiger partial charge >= 0.3 is 5.76 Å². The highest BCUT2D eigenvalue weighted by Crippen LogP contribution is 2.25. The van der Waals surface area contributed by atoms with E-state index in [1.54, 1.807) is 34.9 Å². The molecule has 0 saturated carbocycles. The van der Waals surface area contributed by atoms with Gasteiger partial charge in [-0.05, 0) is 36.8 Å². The van der Waals surface area contributed by atoms with Crippen LogP contribution in [0.2, 0.25) is 0 Å². The molecule has 1 N–H and O–H groups in total. The first-order chi connectivity index (χ1) is 9.20. The maximum Gasteiger partial charge on any atom is 0.419 e. The molecule has 5 nitrogen and oxygen atoms in total. The minimum atomic E-state index is -0.866. The average molecular weight is 259 g/mol. The van der Waals surface area contributed by atoms with Crippen molar-refractivity contribution in [3.63, 3.8) is 0 Å². The zero-order valence-electron chi connectivity index (χ0n) is 10.4. The standard InChI is InChI=1S/C14H13NO4/c1-2-15-10-6-5-9(8-12(10)19-14(15)17)13(16)11-4-3-7-18-11/h3-8,13,16H,2H2,1H3. The topological polar surface area (TPSA) is 68.5 Å². The van der Waals surface area contributed by atoms with E-state index in [2.05, 4.69) is 0 Å². The predicted molar refractivity (Wildman–Crippen MR) is 68.9 cm³/mol. The number of aliphatic hydroxyl groups is 1. The quantitative estimate of drug-likeness (QED) is 0.783. The minimum Gasteiger partial charge on any atom is -0.466 e. The lowest BCUT2D eigenvalue weighted by Crippen LogP contribution is -2.11. The van der Waals surface area contributed by atoms with Gasteiger partial charge in [0, 0.05) is 6.54 Å². The Bertz CT molecular complexity index is 751. The van der Waals surface area contributed by atoms with Crippen LogP contribution in [0.25, 0.3) is 11.1 Å². The van der Waals surface area contributed by atoms with Crippen LogP contribution in [0.1, 0.15) is 24.4 Å². The third-order valence-corrected chi connectivity index (χ3v) is 3.14. The Labute approximate surface area is 108 Å². The van der Waals surface area contributed by atoms with E-state index < -0.39 is 6.10 Å². The fraction of sp³-hybridized carbons (Fsp3) is 0.214. The lowest BCUT2D eigenvalue weighted by atomic mass is 10.1. The highest BCUT2D eigenvalue weighted by atomic mass is 16.4. The van der Waals surface area contributed by atoms with Crippen LogP contribution < -0.4 is 5.76 Å². The van der Waals surface area contributed by atoms with E-state index in [4.69, 9.17) is 8.83 Å². The number of fused-ring (bicyclic) bond motifs is 1. The molecule has 1 aromatic carbocycles. The Kier molecular flexibility index (Phi) is 2.76. The van der Waals surface area contributed by atoms with Gasteiger partial charge in [0.25, 0.3) is 0 Å². The number of oxazole rings is 1. The van der Waals surface area contributed by atoms with E-state index in [1.807, 2.05) is 6.92 Å². The van der Waals surface area contributed by atoms with Crippen molar-refractivity contribution in [3.05, 3.63) is 58.5 Å². The van der Waals surface area contributed by atoms with Crippen molar-refractivity contribution in [1.82, 2.24) is 4.57 Å². The number of furan rings is 1. The maximum atomic E-state index is 11.6. The molecule has 0 aliphatic heterocycles. The minimum absolute atomic E-state index is 0.387. The first-order valence-corrected chi connectivity index (χ1v) is 6.05. The lowest BCUT2D eigenvalue weighted by Gasteiger charge is -2.07. The molecule has 0 bridgehead atoms. The SMILES string of the molecule is CCn1c(=O)oc2cc(C(O)c3ccco3)ccc21. The van der Waals surface area contributed by atoms with Gasteiger partial charge in [0.1, 0.15) is 11.9 Å². The van der Waals surface area contributed by atoms with Gasteiger partial charge in [0.05, 0.1) is 11.8 Å². The Morgan fingerprint density at radius 3 is 2.89 bits per heavy atom. The highest BCUT2D eigenvalue weighted by Gasteiger charge is 2.16. The van der Waals surface area contributed by atoms with Crippen LogP contribution in [0.4, 0.5) is 0 Å². The van der Waals surface area contributed by atoms with E-state index in [-0.39, 0.29) is 5.76 Å². The van der Waals surface area contributed by atoms with Crippen molar-refractivity contribution in [2.45, 2.75) is 19.6 Å². The summed E-state index contributed by atoms with van der Waals surface area (Å²) in [5.74, 6) is 0.0683. The number of aryl methyl sites for hydroxylation is 1. The van der Waals surface area contributed by atoms with Crippen molar-refractivity contribution < 1.29 is 13.9 Å². The molecule has 3 rings (SSSR count). The van der Waals surface area contributed by atoms with Crippen LogP contribution in [-0.4, -0.2) is 9.67 Å². The number of benzene rings is 1. The van der Waals surface area contributed by atoms with Crippen LogP contribution in [0.3, 0.4) is 0 Å². The Morgan fingerprint density at radius 1 is 1.37 bits per heavy atom. The number of rotatable bonds is 3. The normalized spacial score (nSPS) is 12.9. The molecule has 0 radical (unpaired) electrons. The van der Waals surface area contributed by atoms with Crippen molar-refractivity contribution in [3.8, 4) is 0 Å². The molecule has 5 heteroatoms. The molecule has 0 amide bonds. The molecule has 3 aromatic rings. The number of aliphatic hydroxyl groups excluding tert-OH is 1. The Hall–Kier alpha value is -2.27. The molecule has 0 saturated heterocycles. The first-order valence-electron chi connectivity index (χ1n) is 6.05. The van der Waals surface area contributed by atoms with E-state index in [0.29, 0.717) is 23.5 Å². The predicted octanol–water partition coefficient (Wildman–Crippen LogP) is 2.29. The van der Waals surface area contributed by atoms with Crippen LogP contribution in [0, 0.1) is 0 Å². The van der Waals surface area contributed by atoms with Crippen molar-refractivity contribution in [1.29, 1.82) is 0 Å². The molecule has 0 fully saturated rings. The summed E-state index contributed by atoms with van der Waals surface area (Å²) in [6.45, 7) is 2.42. The monoisotopic (exact) mass is 259 g/mol. The number of aromatic nitrogens is 1. The van der Waals surface area contributed by atoms with E-state index in [1.165, 1.54) is 6.26 Å². The largest absolute Gasteiger partial charge is 0.466 e. The van der Waals surface area contributed by atoms with Gasteiger partial charge in [0.2, 0.25) is 0 Å². The summed E-state index contributed by atoms with van der Waals surface area (Å²) < 4.78 is 11.9. The lowest BCUT2D eigenvalue weighted by molar-refractivity contribution is 0.189. The van der Waals surface area contributed by atoms with Gasteiger partial charge < -0.3 is 13.9 Å². The van der Waals surface area contributed by atoms with E-state index in [9.17, 15) is 9.90 Å². The first kappa shape index (κ1) is 11.8. The summed E-state index contributed by atoms with van der Waals surface area (Å²) in [5, 5.41) is 10.2. The molecule has 1 unspecified atom stereocenters. The van der Waals surface area contributed by atoms with Gasteiger partial charge in [-0.25, -0.2) is 4.79 Å². The second-order valence-corrected chi connectivity index (χ2v) is 4.26. The fourth-order valence-corrected chi connectivity index (χ4v) is 2.16. The van der Waals surface area contributed by atoms with Gasteiger partial charge in [-0.1, -0.05) is 6.07 Å². The summed E-state index contributed by atoms with van der Waals surface area (Å²) in [6, 6.07) is 8.60. The van der Waals surface area contributed by atoms with Gasteiger partial charge in [-0.3, -0.25) is 4.57 Å². The zero-order valence-corrected chi connectivity index (χ0v) is 10.4. The molecule has 2 aromatic heterocycles. The molecule has 2 heterocycles. The van der Waals surface area contributed by atoms with Crippen LogP contribution >= 0.6 is 0 Å². The van der Waals surface area contributed by atoms with Crippen molar-refractivity contribution >= 4 is 11.1 Å². The summed E-state index contributed by atoms with van der Waals surface area (Å²) >= 11 is 0. The van der Waals surface area contributed by atoms with Gasteiger partial charge in [0.15, 0.2) is 5.58 Å². The third kappa shape index (κ3) is 1.88. The number of nitrogens with zero attached hydrogens (tertiary/aromatic N) is 1. The number of hydrogen-bond donors (Lipinski definition) is 1.